The van der Waals surface area contributed by atoms with Gasteiger partial charge in [-0.1, -0.05) is 31.9 Å². The first-order valence-electron chi connectivity index (χ1n) is 13.8. The molecule has 39 heavy (non-hydrogen) atoms. The number of aliphatic hydroxyl groups is 1. The number of likely N-dealkylation sites (tertiary alicyclic amines) is 1. The Kier molecular flexibility index (Phi) is 8.68. The van der Waals surface area contributed by atoms with Gasteiger partial charge in [0.15, 0.2) is 11.5 Å². The van der Waals surface area contributed by atoms with Crippen LogP contribution in [0.4, 0.5) is 0 Å². The Hall–Kier alpha value is -3.56. The molecule has 2 saturated heterocycles. The first kappa shape index (κ1) is 27.0. The van der Waals surface area contributed by atoms with Crippen LogP contribution in [-0.4, -0.2) is 85.8 Å². The van der Waals surface area contributed by atoms with Gasteiger partial charge >= 0.3 is 0 Å². The molecular weight excluding hydrogens is 500 g/mol. The summed E-state index contributed by atoms with van der Waals surface area (Å²) in [7, 11) is 0. The van der Waals surface area contributed by atoms with E-state index in [4.69, 9.17) is 18.9 Å². The van der Waals surface area contributed by atoms with Crippen LogP contribution >= 0.6 is 0 Å². The topological polar surface area (TPSA) is 97.8 Å². The van der Waals surface area contributed by atoms with E-state index in [2.05, 4.69) is 11.8 Å². The van der Waals surface area contributed by atoms with Gasteiger partial charge in [0.25, 0.3) is 11.7 Å². The minimum absolute atomic E-state index is 0.0572. The van der Waals surface area contributed by atoms with Crippen LogP contribution in [0.2, 0.25) is 0 Å². The summed E-state index contributed by atoms with van der Waals surface area (Å²) < 4.78 is 22.7. The highest BCUT2D eigenvalue weighted by molar-refractivity contribution is 6.46. The van der Waals surface area contributed by atoms with E-state index in [0.717, 1.165) is 32.4 Å². The largest absolute Gasteiger partial charge is 0.507 e. The van der Waals surface area contributed by atoms with Gasteiger partial charge in [-0.05, 0) is 42.3 Å². The smallest absolute Gasteiger partial charge is 0.295 e. The number of Topliss-reactive ketones (excluding diaryl/α,β-unsaturated/α-hetero) is 1. The second-order valence-electron chi connectivity index (χ2n) is 9.93. The molecule has 9 heteroatoms. The number of amides is 1. The number of fused-ring (bicyclic) bond motifs is 1. The van der Waals surface area contributed by atoms with Gasteiger partial charge in [-0.25, -0.2) is 0 Å². The van der Waals surface area contributed by atoms with Crippen molar-refractivity contribution in [2.24, 2.45) is 0 Å². The van der Waals surface area contributed by atoms with Crippen molar-refractivity contribution in [2.75, 3.05) is 59.2 Å². The zero-order valence-electron chi connectivity index (χ0n) is 22.4. The fraction of sp³-hybridized carbons (Fsp3) is 0.467. The first-order valence-corrected chi connectivity index (χ1v) is 13.8. The quantitative estimate of drug-likeness (QED) is 0.212. The van der Waals surface area contributed by atoms with Crippen molar-refractivity contribution in [1.82, 2.24) is 9.80 Å². The Balaban J connectivity index is 1.49. The Morgan fingerprint density at radius 2 is 1.77 bits per heavy atom. The number of ether oxygens (including phenoxy) is 4. The number of morpholine rings is 1. The maximum atomic E-state index is 13.5. The summed E-state index contributed by atoms with van der Waals surface area (Å²) in [6.45, 7) is 7.35. The molecule has 2 aromatic rings. The number of ketones is 1. The van der Waals surface area contributed by atoms with Crippen LogP contribution in [0.25, 0.3) is 5.76 Å². The third-order valence-corrected chi connectivity index (χ3v) is 7.31. The SMILES string of the molecule is CCCCCOc1cccc([C@H]2C(=C(O)c3ccc4c(c3)OCCO4)C(=O)C(=O)N2CCN2CCOCC2)c1. The average Bonchev–Trinajstić information content (AvgIpc) is 3.23. The second-order valence-corrected chi connectivity index (χ2v) is 9.93. The predicted molar refractivity (Wildman–Crippen MR) is 145 cm³/mol. The molecule has 5 rings (SSSR count). The molecule has 2 aromatic carbocycles. The van der Waals surface area contributed by atoms with Crippen LogP contribution in [0.1, 0.15) is 43.4 Å². The van der Waals surface area contributed by atoms with Gasteiger partial charge in [0.1, 0.15) is 24.7 Å². The molecule has 1 amide bonds. The average molecular weight is 537 g/mol. The highest BCUT2D eigenvalue weighted by atomic mass is 16.6. The zero-order chi connectivity index (χ0) is 27.2. The maximum absolute atomic E-state index is 13.5. The third-order valence-electron chi connectivity index (χ3n) is 7.31. The van der Waals surface area contributed by atoms with Gasteiger partial charge in [-0.15, -0.1) is 0 Å². The summed E-state index contributed by atoms with van der Waals surface area (Å²) in [5.41, 5.74) is 1.16. The standard InChI is InChI=1S/C30H36N2O7/c1-2-3-4-14-37-23-7-5-6-21(19-23)27-26(28(33)22-8-9-24-25(20-22)39-18-17-38-24)29(34)30(35)32(27)11-10-31-12-15-36-16-13-31/h5-9,19-20,27,33H,2-4,10-18H2,1H3/t27-/m0/s1. The molecular formula is C30H36N2O7. The number of hydrogen-bond acceptors (Lipinski definition) is 8. The second kappa shape index (κ2) is 12.5. The summed E-state index contributed by atoms with van der Waals surface area (Å²) >= 11 is 0. The Bertz CT molecular complexity index is 1220. The molecule has 3 heterocycles. The number of aliphatic hydroxyl groups excluding tert-OH is 1. The molecule has 0 radical (unpaired) electrons. The van der Waals surface area contributed by atoms with Crippen LogP contribution in [0.5, 0.6) is 17.2 Å². The van der Waals surface area contributed by atoms with E-state index in [-0.39, 0.29) is 11.3 Å². The Morgan fingerprint density at radius 1 is 0.974 bits per heavy atom. The summed E-state index contributed by atoms with van der Waals surface area (Å²) in [6.07, 6.45) is 3.13. The van der Waals surface area contributed by atoms with Gasteiger partial charge in [0, 0.05) is 31.7 Å². The van der Waals surface area contributed by atoms with Gasteiger partial charge in [-0.3, -0.25) is 14.5 Å². The van der Waals surface area contributed by atoms with E-state index < -0.39 is 17.7 Å². The van der Waals surface area contributed by atoms with E-state index in [1.54, 1.807) is 23.1 Å². The highest BCUT2D eigenvalue weighted by Gasteiger charge is 2.46. The van der Waals surface area contributed by atoms with Gasteiger partial charge < -0.3 is 29.0 Å². The molecule has 3 aliphatic rings. The molecule has 1 atom stereocenters. The van der Waals surface area contributed by atoms with E-state index in [0.29, 0.717) is 74.5 Å². The molecule has 3 aliphatic heterocycles. The summed E-state index contributed by atoms with van der Waals surface area (Å²) in [6, 6.07) is 11.7. The molecule has 0 aliphatic carbocycles. The number of carbonyl (C=O) groups is 2. The Morgan fingerprint density at radius 3 is 2.56 bits per heavy atom. The zero-order valence-corrected chi connectivity index (χ0v) is 22.4. The molecule has 0 bridgehead atoms. The minimum Gasteiger partial charge on any atom is -0.507 e. The number of rotatable bonds is 10. The Labute approximate surface area is 228 Å². The van der Waals surface area contributed by atoms with Crippen molar-refractivity contribution in [2.45, 2.75) is 32.2 Å². The van der Waals surface area contributed by atoms with Crippen LogP contribution in [-0.2, 0) is 14.3 Å². The number of nitrogens with zero attached hydrogens (tertiary/aromatic N) is 2. The van der Waals surface area contributed by atoms with Gasteiger partial charge in [0.05, 0.1) is 31.4 Å². The maximum Gasteiger partial charge on any atom is 0.295 e. The van der Waals surface area contributed by atoms with E-state index >= 15 is 0 Å². The third kappa shape index (κ3) is 6.04. The van der Waals surface area contributed by atoms with Crippen molar-refractivity contribution in [3.8, 4) is 17.2 Å². The van der Waals surface area contributed by atoms with Crippen molar-refractivity contribution in [3.05, 3.63) is 59.2 Å². The molecule has 0 unspecified atom stereocenters. The molecule has 0 saturated carbocycles. The van der Waals surface area contributed by atoms with Crippen LogP contribution in [0.3, 0.4) is 0 Å². The number of unbranched alkanes of at least 4 members (excludes halogenated alkanes) is 2. The molecule has 0 spiro atoms. The van der Waals surface area contributed by atoms with Crippen LogP contribution < -0.4 is 14.2 Å². The lowest BCUT2D eigenvalue weighted by Gasteiger charge is -2.31. The van der Waals surface area contributed by atoms with E-state index in [9.17, 15) is 14.7 Å². The van der Waals surface area contributed by atoms with Crippen molar-refractivity contribution in [3.63, 3.8) is 0 Å². The van der Waals surface area contributed by atoms with E-state index in [1.807, 2.05) is 24.3 Å². The summed E-state index contributed by atoms with van der Waals surface area (Å²) in [4.78, 5) is 30.6. The summed E-state index contributed by atoms with van der Waals surface area (Å²) in [5, 5.41) is 11.5. The van der Waals surface area contributed by atoms with Crippen molar-refractivity contribution >= 4 is 17.4 Å². The molecule has 0 aromatic heterocycles. The first-order chi connectivity index (χ1) is 19.1. The van der Waals surface area contributed by atoms with Crippen molar-refractivity contribution in [1.29, 1.82) is 0 Å². The summed E-state index contributed by atoms with van der Waals surface area (Å²) in [5.74, 6) is 0.171. The minimum atomic E-state index is -0.751. The molecule has 9 nitrogen and oxygen atoms in total. The van der Waals surface area contributed by atoms with Crippen LogP contribution in [0.15, 0.2) is 48.0 Å². The number of benzene rings is 2. The lowest BCUT2D eigenvalue weighted by molar-refractivity contribution is -0.140. The van der Waals surface area contributed by atoms with Gasteiger partial charge in [-0.2, -0.15) is 0 Å². The lowest BCUT2D eigenvalue weighted by atomic mass is 9.95. The number of hydrogen-bond donors (Lipinski definition) is 1. The molecule has 2 fully saturated rings. The predicted octanol–water partition coefficient (Wildman–Crippen LogP) is 3.78. The number of carbonyl (C=O) groups excluding carboxylic acids is 2. The highest BCUT2D eigenvalue weighted by Crippen LogP contribution is 2.41. The molecule has 1 N–H and O–H groups in total. The monoisotopic (exact) mass is 536 g/mol. The fourth-order valence-corrected chi connectivity index (χ4v) is 5.19. The van der Waals surface area contributed by atoms with Crippen LogP contribution in [0, 0.1) is 0 Å². The lowest BCUT2D eigenvalue weighted by Crippen LogP contribution is -2.42. The van der Waals surface area contributed by atoms with E-state index in [1.165, 1.54) is 0 Å². The van der Waals surface area contributed by atoms with Gasteiger partial charge in [0.2, 0.25) is 0 Å². The normalized spacial score (nSPS) is 20.8. The van der Waals surface area contributed by atoms with Crippen molar-refractivity contribution < 1.29 is 33.6 Å². The fourth-order valence-electron chi connectivity index (χ4n) is 5.19. The molecule has 208 valence electrons.